The van der Waals surface area contributed by atoms with E-state index in [0.717, 1.165) is 12.0 Å². The minimum atomic E-state index is -0.701. The van der Waals surface area contributed by atoms with Gasteiger partial charge in [-0.05, 0) is 32.8 Å². The maximum Gasteiger partial charge on any atom is 0.305 e. The molecule has 0 aromatic rings. The van der Waals surface area contributed by atoms with Gasteiger partial charge in [-0.3, -0.25) is 4.79 Å². The molecule has 1 unspecified atom stereocenters. The molecule has 1 fully saturated rings. The Kier molecular flexibility index (Phi) is 4.33. The van der Waals surface area contributed by atoms with Gasteiger partial charge < -0.3 is 14.2 Å². The lowest BCUT2D eigenvalue weighted by Crippen LogP contribution is -2.41. The predicted molar refractivity (Wildman–Crippen MR) is 64.5 cm³/mol. The summed E-state index contributed by atoms with van der Waals surface area (Å²) in [4.78, 5) is 11.4. The average Bonchev–Trinajstić information content (AvgIpc) is 2.53. The second kappa shape index (κ2) is 5.19. The third-order valence-electron chi connectivity index (χ3n) is 2.79. The fourth-order valence-corrected chi connectivity index (χ4v) is 1.70. The van der Waals surface area contributed by atoms with Crippen LogP contribution in [0.4, 0.5) is 0 Å². The van der Waals surface area contributed by atoms with E-state index in [1.165, 1.54) is 0 Å². The number of ether oxygens (including phenoxy) is 3. The summed E-state index contributed by atoms with van der Waals surface area (Å²) in [6.07, 6.45) is 1.21. The molecule has 0 N–H and O–H groups in total. The molecule has 1 saturated heterocycles. The van der Waals surface area contributed by atoms with Crippen molar-refractivity contribution in [2.24, 2.45) is 0 Å². The van der Waals surface area contributed by atoms with Gasteiger partial charge in [0.05, 0.1) is 6.61 Å². The largest absolute Gasteiger partial charge is 0.462 e. The molecule has 0 aliphatic carbocycles. The summed E-state index contributed by atoms with van der Waals surface area (Å²) < 4.78 is 16.6. The van der Waals surface area contributed by atoms with Crippen molar-refractivity contribution in [3.63, 3.8) is 0 Å². The highest BCUT2D eigenvalue weighted by atomic mass is 16.8. The molecule has 1 atom stereocenters. The van der Waals surface area contributed by atoms with E-state index in [1.807, 2.05) is 27.7 Å². The fourth-order valence-electron chi connectivity index (χ4n) is 1.70. The van der Waals surface area contributed by atoms with Gasteiger partial charge in [0.2, 0.25) is 0 Å². The third kappa shape index (κ3) is 3.54. The Labute approximate surface area is 103 Å². The van der Waals surface area contributed by atoms with Gasteiger partial charge in [0.25, 0.3) is 0 Å². The van der Waals surface area contributed by atoms with E-state index in [2.05, 4.69) is 6.58 Å². The highest BCUT2D eigenvalue weighted by Crippen LogP contribution is 2.35. The van der Waals surface area contributed by atoms with Crippen LogP contribution in [0.2, 0.25) is 0 Å². The molecule has 0 amide bonds. The molecule has 0 saturated carbocycles. The van der Waals surface area contributed by atoms with Crippen LogP contribution in [-0.2, 0) is 19.0 Å². The van der Waals surface area contributed by atoms with Crippen molar-refractivity contribution in [1.29, 1.82) is 0 Å². The Morgan fingerprint density at radius 1 is 1.47 bits per heavy atom. The number of esters is 1. The van der Waals surface area contributed by atoms with Crippen LogP contribution in [0.3, 0.4) is 0 Å². The zero-order valence-electron chi connectivity index (χ0n) is 11.2. The monoisotopic (exact) mass is 242 g/mol. The average molecular weight is 242 g/mol. The van der Waals surface area contributed by atoms with E-state index in [9.17, 15) is 4.79 Å². The molecule has 0 bridgehead atoms. The van der Waals surface area contributed by atoms with Crippen LogP contribution >= 0.6 is 0 Å². The van der Waals surface area contributed by atoms with Crippen LogP contribution in [-0.4, -0.2) is 30.6 Å². The van der Waals surface area contributed by atoms with Crippen LogP contribution < -0.4 is 0 Å². The highest BCUT2D eigenvalue weighted by Gasteiger charge is 2.47. The topological polar surface area (TPSA) is 44.8 Å². The normalized spacial score (nSPS) is 26.8. The van der Waals surface area contributed by atoms with Crippen molar-refractivity contribution in [2.75, 3.05) is 13.2 Å². The maximum atomic E-state index is 11.4. The molecule has 1 aliphatic rings. The number of hydrogen-bond acceptors (Lipinski definition) is 4. The first kappa shape index (κ1) is 14.2. The molecule has 1 heterocycles. The second-order valence-electron chi connectivity index (χ2n) is 4.98. The van der Waals surface area contributed by atoms with E-state index in [-0.39, 0.29) is 12.6 Å². The molecular weight excluding hydrogens is 220 g/mol. The van der Waals surface area contributed by atoms with Gasteiger partial charge >= 0.3 is 5.97 Å². The van der Waals surface area contributed by atoms with Crippen molar-refractivity contribution in [1.82, 2.24) is 0 Å². The summed E-state index contributed by atoms with van der Waals surface area (Å²) in [5, 5.41) is 0. The van der Waals surface area contributed by atoms with E-state index in [0.29, 0.717) is 13.0 Å². The lowest BCUT2D eigenvalue weighted by atomic mass is 9.98. The molecule has 4 nitrogen and oxygen atoms in total. The van der Waals surface area contributed by atoms with E-state index < -0.39 is 11.4 Å². The van der Waals surface area contributed by atoms with Gasteiger partial charge in [0, 0.05) is 6.42 Å². The number of hydrogen-bond donors (Lipinski definition) is 0. The Bertz CT molecular complexity index is 309. The fraction of sp³-hybridized carbons (Fsp3) is 0.769. The molecule has 4 heteroatoms. The Morgan fingerprint density at radius 3 is 2.53 bits per heavy atom. The molecule has 0 spiro atoms. The minimum absolute atomic E-state index is 0.171. The minimum Gasteiger partial charge on any atom is -0.462 e. The summed E-state index contributed by atoms with van der Waals surface area (Å²) in [5.41, 5.74) is 0.111. The van der Waals surface area contributed by atoms with Crippen LogP contribution in [0.5, 0.6) is 0 Å². The summed E-state index contributed by atoms with van der Waals surface area (Å²) >= 11 is 0. The van der Waals surface area contributed by atoms with Crippen molar-refractivity contribution >= 4 is 5.97 Å². The van der Waals surface area contributed by atoms with Gasteiger partial charge in [-0.2, -0.15) is 0 Å². The lowest BCUT2D eigenvalue weighted by molar-refractivity contribution is -0.172. The molecule has 98 valence electrons. The maximum absolute atomic E-state index is 11.4. The van der Waals surface area contributed by atoms with Crippen LogP contribution in [0.1, 0.15) is 40.5 Å². The van der Waals surface area contributed by atoms with Crippen molar-refractivity contribution < 1.29 is 19.0 Å². The Hall–Kier alpha value is -0.870. The van der Waals surface area contributed by atoms with Gasteiger partial charge in [-0.25, -0.2) is 0 Å². The first-order valence-electron chi connectivity index (χ1n) is 5.97. The van der Waals surface area contributed by atoms with Gasteiger partial charge in [-0.15, -0.1) is 0 Å². The summed E-state index contributed by atoms with van der Waals surface area (Å²) in [6, 6.07) is 0. The standard InChI is InChI=1S/C13H22O4/c1-6-7-11(14)15-8-13(10(2)3)9-16-12(4,5)17-13/h2,6-9H2,1,3-5H3. The Balaban J connectivity index is 2.62. The molecular formula is C13H22O4. The van der Waals surface area contributed by atoms with E-state index in [1.54, 1.807) is 0 Å². The lowest BCUT2D eigenvalue weighted by Gasteiger charge is -2.29. The van der Waals surface area contributed by atoms with Gasteiger partial charge in [0.15, 0.2) is 5.79 Å². The van der Waals surface area contributed by atoms with Crippen molar-refractivity contribution in [2.45, 2.75) is 51.9 Å². The van der Waals surface area contributed by atoms with Gasteiger partial charge in [0.1, 0.15) is 12.2 Å². The van der Waals surface area contributed by atoms with Gasteiger partial charge in [-0.1, -0.05) is 13.5 Å². The van der Waals surface area contributed by atoms with Crippen LogP contribution in [0.25, 0.3) is 0 Å². The summed E-state index contributed by atoms with van der Waals surface area (Å²) in [7, 11) is 0. The first-order chi connectivity index (χ1) is 7.81. The summed E-state index contributed by atoms with van der Waals surface area (Å²) in [6.45, 7) is 11.9. The van der Waals surface area contributed by atoms with E-state index in [4.69, 9.17) is 14.2 Å². The second-order valence-corrected chi connectivity index (χ2v) is 4.98. The highest BCUT2D eigenvalue weighted by molar-refractivity contribution is 5.69. The zero-order valence-corrected chi connectivity index (χ0v) is 11.2. The van der Waals surface area contributed by atoms with Crippen molar-refractivity contribution in [3.8, 4) is 0 Å². The first-order valence-corrected chi connectivity index (χ1v) is 5.97. The smallest absolute Gasteiger partial charge is 0.305 e. The number of rotatable bonds is 5. The molecule has 0 radical (unpaired) electrons. The zero-order chi connectivity index (χ0) is 13.1. The predicted octanol–water partition coefficient (Wildman–Crippen LogP) is 2.43. The molecule has 0 aromatic carbocycles. The van der Waals surface area contributed by atoms with Crippen LogP contribution in [0, 0.1) is 0 Å². The Morgan fingerprint density at radius 2 is 2.12 bits per heavy atom. The van der Waals surface area contributed by atoms with Crippen LogP contribution in [0.15, 0.2) is 12.2 Å². The SMILES string of the molecule is C=C(C)C1(COC(=O)CCC)COC(C)(C)O1. The molecule has 1 rings (SSSR count). The van der Waals surface area contributed by atoms with Crippen molar-refractivity contribution in [3.05, 3.63) is 12.2 Å². The molecule has 17 heavy (non-hydrogen) atoms. The summed E-state index contributed by atoms with van der Waals surface area (Å²) in [5.74, 6) is -0.864. The number of carbonyl (C=O) groups excluding carboxylic acids is 1. The number of carbonyl (C=O) groups is 1. The third-order valence-corrected chi connectivity index (χ3v) is 2.79. The molecule has 1 aliphatic heterocycles. The van der Waals surface area contributed by atoms with E-state index >= 15 is 0 Å². The molecule has 0 aromatic heterocycles. The quantitative estimate of drug-likeness (QED) is 0.548.